The maximum atomic E-state index is 12.7. The van der Waals surface area contributed by atoms with Gasteiger partial charge in [0.1, 0.15) is 29.6 Å². The molecule has 0 aliphatic heterocycles. The second kappa shape index (κ2) is 9.06. The summed E-state index contributed by atoms with van der Waals surface area (Å²) >= 11 is 0. The van der Waals surface area contributed by atoms with E-state index in [1.54, 1.807) is 35.6 Å². The van der Waals surface area contributed by atoms with Crippen molar-refractivity contribution in [2.45, 2.75) is 38.9 Å². The number of nitrogens with zero attached hydrogens (tertiary/aromatic N) is 6. The molecule has 0 saturated heterocycles. The zero-order valence-corrected chi connectivity index (χ0v) is 19.4. The minimum atomic E-state index is -4.51. The van der Waals surface area contributed by atoms with Crippen molar-refractivity contribution in [2.24, 2.45) is 0 Å². The number of aromatic amines is 2. The molecule has 186 valence electrons. The largest absolute Gasteiger partial charge is 0.405 e. The number of hydrogen-bond acceptors (Lipinski definition) is 6. The van der Waals surface area contributed by atoms with Crippen LogP contribution in [0, 0.1) is 0 Å². The van der Waals surface area contributed by atoms with Gasteiger partial charge in [0.05, 0.1) is 12.4 Å². The molecule has 0 radical (unpaired) electrons. The SMILES string of the molecule is CCCc1nc2cnc(-c3c[nH]c4ncc(-c5cn[nH]c5)cc34)nc2n1C(C)C(=O)NCC(F)(F)F. The van der Waals surface area contributed by atoms with Crippen LogP contribution in [0.3, 0.4) is 0 Å². The highest BCUT2D eigenvalue weighted by Gasteiger charge is 2.30. The molecule has 0 fully saturated rings. The number of imidazole rings is 1. The summed E-state index contributed by atoms with van der Waals surface area (Å²) in [4.78, 5) is 33.9. The maximum Gasteiger partial charge on any atom is 0.405 e. The second-order valence-corrected chi connectivity index (χ2v) is 8.37. The summed E-state index contributed by atoms with van der Waals surface area (Å²) in [5, 5.41) is 9.49. The zero-order chi connectivity index (χ0) is 25.4. The highest BCUT2D eigenvalue weighted by atomic mass is 19.4. The Bertz CT molecular complexity index is 1540. The van der Waals surface area contributed by atoms with Crippen LogP contribution < -0.4 is 5.32 Å². The second-order valence-electron chi connectivity index (χ2n) is 8.37. The third-order valence-electron chi connectivity index (χ3n) is 5.81. The Morgan fingerprint density at radius 2 is 1.97 bits per heavy atom. The van der Waals surface area contributed by atoms with E-state index >= 15 is 0 Å². The average molecular weight is 497 g/mol. The molecule has 5 rings (SSSR count). The van der Waals surface area contributed by atoms with E-state index in [4.69, 9.17) is 4.98 Å². The van der Waals surface area contributed by atoms with Crippen LogP contribution in [-0.4, -0.2) is 58.3 Å². The third-order valence-corrected chi connectivity index (χ3v) is 5.81. The predicted octanol–water partition coefficient (Wildman–Crippen LogP) is 3.95. The number of aromatic nitrogens is 8. The fraction of sp³-hybridized carbons (Fsp3) is 0.304. The van der Waals surface area contributed by atoms with Crippen molar-refractivity contribution < 1.29 is 18.0 Å². The molecule has 0 aromatic carbocycles. The van der Waals surface area contributed by atoms with Gasteiger partial charge >= 0.3 is 6.18 Å². The van der Waals surface area contributed by atoms with Gasteiger partial charge in [0.25, 0.3) is 0 Å². The van der Waals surface area contributed by atoms with E-state index in [2.05, 4.69) is 30.1 Å². The van der Waals surface area contributed by atoms with Crippen LogP contribution in [0.25, 0.3) is 44.7 Å². The molecule has 0 spiro atoms. The van der Waals surface area contributed by atoms with Gasteiger partial charge < -0.3 is 14.9 Å². The first kappa shape index (κ1) is 23.5. The monoisotopic (exact) mass is 497 g/mol. The first-order valence-electron chi connectivity index (χ1n) is 11.3. The number of amides is 1. The highest BCUT2D eigenvalue weighted by molar-refractivity contribution is 5.94. The summed E-state index contributed by atoms with van der Waals surface area (Å²) in [7, 11) is 0. The van der Waals surface area contributed by atoms with E-state index in [1.807, 2.05) is 18.3 Å². The molecule has 1 amide bonds. The Morgan fingerprint density at radius 1 is 1.14 bits per heavy atom. The van der Waals surface area contributed by atoms with Crippen LogP contribution in [0.4, 0.5) is 13.2 Å². The molecule has 0 aliphatic carbocycles. The van der Waals surface area contributed by atoms with E-state index in [0.29, 0.717) is 40.4 Å². The summed E-state index contributed by atoms with van der Waals surface area (Å²) in [6.45, 7) is 2.07. The van der Waals surface area contributed by atoms with E-state index in [-0.39, 0.29) is 0 Å². The number of alkyl halides is 3. The van der Waals surface area contributed by atoms with Crippen LogP contribution in [-0.2, 0) is 11.2 Å². The molecule has 0 saturated carbocycles. The Kier molecular flexibility index (Phi) is 5.90. The van der Waals surface area contributed by atoms with Crippen molar-refractivity contribution in [1.82, 2.24) is 45.0 Å². The lowest BCUT2D eigenvalue weighted by Crippen LogP contribution is -2.38. The average Bonchev–Trinajstić information content (AvgIpc) is 3.59. The van der Waals surface area contributed by atoms with Crippen LogP contribution in [0.1, 0.15) is 32.1 Å². The molecule has 10 nitrogen and oxygen atoms in total. The molecule has 0 aliphatic rings. The van der Waals surface area contributed by atoms with Gasteiger partial charge in [-0.15, -0.1) is 0 Å². The number of hydrogen-bond donors (Lipinski definition) is 3. The lowest BCUT2D eigenvalue weighted by molar-refractivity contribution is -0.140. The molecular weight excluding hydrogens is 475 g/mol. The molecule has 3 N–H and O–H groups in total. The minimum absolute atomic E-state index is 0.367. The van der Waals surface area contributed by atoms with Crippen molar-refractivity contribution in [1.29, 1.82) is 0 Å². The summed E-state index contributed by atoms with van der Waals surface area (Å²) in [6.07, 6.45) is 5.22. The van der Waals surface area contributed by atoms with Gasteiger partial charge in [-0.25, -0.2) is 19.9 Å². The topological polar surface area (TPSA) is 130 Å². The van der Waals surface area contributed by atoms with Crippen LogP contribution in [0.5, 0.6) is 0 Å². The molecule has 13 heteroatoms. The Balaban J connectivity index is 1.58. The number of rotatable bonds is 7. The normalized spacial score (nSPS) is 12.9. The smallest absolute Gasteiger partial charge is 0.345 e. The molecule has 0 bridgehead atoms. The fourth-order valence-electron chi connectivity index (χ4n) is 4.08. The number of aryl methyl sites for hydroxylation is 1. The zero-order valence-electron chi connectivity index (χ0n) is 19.4. The quantitative estimate of drug-likeness (QED) is 0.312. The number of nitrogens with one attached hydrogen (secondary N) is 3. The number of H-pyrrole nitrogens is 2. The summed E-state index contributed by atoms with van der Waals surface area (Å²) in [5.74, 6) is 0.147. The van der Waals surface area contributed by atoms with Crippen LogP contribution in [0.2, 0.25) is 0 Å². The van der Waals surface area contributed by atoms with E-state index in [9.17, 15) is 18.0 Å². The molecule has 36 heavy (non-hydrogen) atoms. The highest BCUT2D eigenvalue weighted by Crippen LogP contribution is 2.30. The number of carbonyl (C=O) groups excluding carboxylic acids is 1. The summed E-state index contributed by atoms with van der Waals surface area (Å²) in [6, 6.07) is 0.985. The Morgan fingerprint density at radius 3 is 2.69 bits per heavy atom. The van der Waals surface area contributed by atoms with E-state index in [0.717, 1.165) is 22.9 Å². The number of pyridine rings is 1. The molecule has 5 aromatic heterocycles. The van der Waals surface area contributed by atoms with Gasteiger partial charge in [-0.3, -0.25) is 9.89 Å². The van der Waals surface area contributed by atoms with E-state index in [1.165, 1.54) is 6.92 Å². The van der Waals surface area contributed by atoms with Crippen molar-refractivity contribution >= 4 is 28.1 Å². The minimum Gasteiger partial charge on any atom is -0.345 e. The third kappa shape index (κ3) is 4.39. The standard InChI is InChI=1S/C23H22F3N9O/c1-3-4-18-33-17-10-29-20(34-21(17)35(18)12(2)22(36)30-11-23(24,25)26)16-9-28-19-15(16)5-13(6-27-19)14-7-31-32-8-14/h5-10,12H,3-4,11H2,1-2H3,(H,27,28)(H,30,36)(H,31,32). The van der Waals surface area contributed by atoms with Gasteiger partial charge in [-0.05, 0) is 19.4 Å². The molecule has 5 aromatic rings. The van der Waals surface area contributed by atoms with Gasteiger partial charge in [-0.2, -0.15) is 18.3 Å². The number of carbonyl (C=O) groups is 1. The first-order chi connectivity index (χ1) is 17.2. The van der Waals surface area contributed by atoms with Crippen molar-refractivity contribution in [3.05, 3.63) is 42.9 Å². The predicted molar refractivity (Wildman–Crippen MR) is 126 cm³/mol. The Hall–Kier alpha value is -4.29. The van der Waals surface area contributed by atoms with Crippen LogP contribution >= 0.6 is 0 Å². The lowest BCUT2D eigenvalue weighted by Gasteiger charge is -2.17. The van der Waals surface area contributed by atoms with Gasteiger partial charge in [0.2, 0.25) is 5.91 Å². The Labute approximate surface area is 202 Å². The lowest BCUT2D eigenvalue weighted by atomic mass is 10.1. The van der Waals surface area contributed by atoms with Crippen molar-refractivity contribution in [3.63, 3.8) is 0 Å². The van der Waals surface area contributed by atoms with Crippen molar-refractivity contribution in [2.75, 3.05) is 6.54 Å². The molecule has 5 heterocycles. The van der Waals surface area contributed by atoms with Crippen LogP contribution in [0.15, 0.2) is 37.1 Å². The molecular formula is C23H22F3N9O. The van der Waals surface area contributed by atoms with E-state index < -0.39 is 24.7 Å². The first-order valence-corrected chi connectivity index (χ1v) is 11.3. The van der Waals surface area contributed by atoms with Crippen molar-refractivity contribution in [3.8, 4) is 22.5 Å². The van der Waals surface area contributed by atoms with Gasteiger partial charge in [0, 0.05) is 47.1 Å². The van der Waals surface area contributed by atoms with Gasteiger partial charge in [0.15, 0.2) is 11.5 Å². The number of halogens is 3. The molecule has 1 atom stereocenters. The maximum absolute atomic E-state index is 12.7. The number of fused-ring (bicyclic) bond motifs is 2. The van der Waals surface area contributed by atoms with Gasteiger partial charge in [-0.1, -0.05) is 6.92 Å². The summed E-state index contributed by atoms with van der Waals surface area (Å²) in [5.41, 5.74) is 3.86. The summed E-state index contributed by atoms with van der Waals surface area (Å²) < 4.78 is 39.6. The fourth-order valence-corrected chi connectivity index (χ4v) is 4.08. The molecule has 1 unspecified atom stereocenters.